The minimum Gasteiger partial charge on any atom is -0.495 e. The van der Waals surface area contributed by atoms with Crippen LogP contribution >= 0.6 is 0 Å². The van der Waals surface area contributed by atoms with Crippen LogP contribution < -0.4 is 14.8 Å². The predicted octanol–water partition coefficient (Wildman–Crippen LogP) is 3.60. The van der Waals surface area contributed by atoms with Crippen molar-refractivity contribution in [2.75, 3.05) is 45.7 Å². The lowest BCUT2D eigenvalue weighted by molar-refractivity contribution is 0.0664. The summed E-state index contributed by atoms with van der Waals surface area (Å²) in [5.41, 5.74) is 3.26. The highest BCUT2D eigenvalue weighted by Crippen LogP contribution is 2.30. The van der Waals surface area contributed by atoms with Crippen LogP contribution in [-0.4, -0.2) is 86.9 Å². The number of likely N-dealkylation sites (N-methyl/N-ethyl adjacent to an activating group) is 1. The summed E-state index contributed by atoms with van der Waals surface area (Å²) in [6.45, 7) is 5.73. The van der Waals surface area contributed by atoms with E-state index in [0.29, 0.717) is 60.3 Å². The predicted molar refractivity (Wildman–Crippen MR) is 157 cm³/mol. The van der Waals surface area contributed by atoms with Crippen molar-refractivity contribution in [3.63, 3.8) is 0 Å². The Kier molecular flexibility index (Phi) is 8.89. The molecule has 1 amide bonds. The van der Waals surface area contributed by atoms with Crippen molar-refractivity contribution in [3.05, 3.63) is 72.6 Å². The second-order valence-corrected chi connectivity index (χ2v) is 10.1. The molecule has 0 radical (unpaired) electrons. The van der Waals surface area contributed by atoms with E-state index >= 15 is 0 Å². The maximum atomic E-state index is 13.0. The SMILES string of the molecule is COc1cc(C(=O)N2CCN(C)CC2)ccc1Nc1ncc(-c2ccc(C#N)c(O[C@@H](C)CCn3cncn3)c2)cn1. The number of aromatic nitrogens is 5. The third-order valence-electron chi connectivity index (χ3n) is 7.13. The molecular weight excluding hydrogens is 534 g/mol. The number of ether oxygens (including phenoxy) is 2. The molecule has 1 aliphatic rings. The Morgan fingerprint density at radius 1 is 1.07 bits per heavy atom. The zero-order chi connectivity index (χ0) is 29.5. The third kappa shape index (κ3) is 6.82. The van der Waals surface area contributed by atoms with E-state index in [4.69, 9.17) is 9.47 Å². The Morgan fingerprint density at radius 3 is 2.55 bits per heavy atom. The highest BCUT2D eigenvalue weighted by molar-refractivity contribution is 5.95. The number of methoxy groups -OCH3 is 1. The van der Waals surface area contributed by atoms with Crippen molar-refractivity contribution in [1.82, 2.24) is 34.5 Å². The van der Waals surface area contributed by atoms with Gasteiger partial charge in [-0.05, 0) is 49.9 Å². The van der Waals surface area contributed by atoms with E-state index in [0.717, 1.165) is 24.2 Å². The molecule has 0 aliphatic carbocycles. The van der Waals surface area contributed by atoms with Crippen LogP contribution in [0.3, 0.4) is 0 Å². The van der Waals surface area contributed by atoms with Gasteiger partial charge in [0.15, 0.2) is 0 Å². The van der Waals surface area contributed by atoms with Gasteiger partial charge in [0.1, 0.15) is 30.2 Å². The maximum Gasteiger partial charge on any atom is 0.254 e. The lowest BCUT2D eigenvalue weighted by Gasteiger charge is -2.32. The van der Waals surface area contributed by atoms with Crippen molar-refractivity contribution in [2.45, 2.75) is 26.0 Å². The number of anilines is 2. The summed E-state index contributed by atoms with van der Waals surface area (Å²) in [4.78, 5) is 30.0. The van der Waals surface area contributed by atoms with E-state index in [9.17, 15) is 10.1 Å². The van der Waals surface area contributed by atoms with E-state index in [1.807, 2.05) is 24.0 Å². The molecule has 0 spiro atoms. The number of nitrogens with one attached hydrogen (secondary N) is 1. The summed E-state index contributed by atoms with van der Waals surface area (Å²) in [5, 5.41) is 16.9. The van der Waals surface area contributed by atoms with Crippen molar-refractivity contribution in [3.8, 4) is 28.7 Å². The van der Waals surface area contributed by atoms with Crippen molar-refractivity contribution >= 4 is 17.5 Å². The van der Waals surface area contributed by atoms with Gasteiger partial charge in [-0.3, -0.25) is 9.48 Å². The Bertz CT molecular complexity index is 1540. The molecule has 4 aromatic rings. The second kappa shape index (κ2) is 13.1. The molecule has 2 aromatic carbocycles. The molecule has 1 saturated heterocycles. The molecule has 5 rings (SSSR count). The number of carbonyl (C=O) groups excluding carboxylic acids is 1. The number of rotatable bonds is 10. The van der Waals surface area contributed by atoms with Gasteiger partial charge in [-0.25, -0.2) is 15.0 Å². The zero-order valence-corrected chi connectivity index (χ0v) is 23.9. The van der Waals surface area contributed by atoms with Crippen LogP contribution in [0.1, 0.15) is 29.3 Å². The highest BCUT2D eigenvalue weighted by Gasteiger charge is 2.21. The molecule has 1 aliphatic heterocycles. The number of piperazine rings is 1. The second-order valence-electron chi connectivity index (χ2n) is 10.1. The molecule has 3 heterocycles. The van der Waals surface area contributed by atoms with Gasteiger partial charge >= 0.3 is 0 Å². The normalized spacial score (nSPS) is 14.2. The first kappa shape index (κ1) is 28.5. The first-order valence-electron chi connectivity index (χ1n) is 13.7. The molecule has 1 N–H and O–H groups in total. The van der Waals surface area contributed by atoms with Gasteiger partial charge in [0, 0.05) is 62.7 Å². The first-order valence-corrected chi connectivity index (χ1v) is 13.7. The summed E-state index contributed by atoms with van der Waals surface area (Å²) in [7, 11) is 3.62. The highest BCUT2D eigenvalue weighted by atomic mass is 16.5. The van der Waals surface area contributed by atoms with E-state index in [1.54, 1.807) is 54.8 Å². The molecule has 216 valence electrons. The fourth-order valence-corrected chi connectivity index (χ4v) is 4.61. The number of aryl methyl sites for hydroxylation is 1. The van der Waals surface area contributed by atoms with Crippen LogP contribution in [0.25, 0.3) is 11.1 Å². The lowest BCUT2D eigenvalue weighted by atomic mass is 10.1. The summed E-state index contributed by atoms with van der Waals surface area (Å²) in [6.07, 6.45) is 7.12. The van der Waals surface area contributed by atoms with Crippen LogP contribution in [0.2, 0.25) is 0 Å². The van der Waals surface area contributed by atoms with Gasteiger partial charge in [-0.1, -0.05) is 6.07 Å². The molecule has 2 aromatic heterocycles. The third-order valence-corrected chi connectivity index (χ3v) is 7.13. The average molecular weight is 568 g/mol. The fraction of sp³-hybridized carbons (Fsp3) is 0.333. The summed E-state index contributed by atoms with van der Waals surface area (Å²) in [6, 6.07) is 12.9. The number of hydrogen-bond donors (Lipinski definition) is 1. The number of amides is 1. The minimum atomic E-state index is -0.141. The largest absolute Gasteiger partial charge is 0.495 e. The Balaban J connectivity index is 1.26. The zero-order valence-electron chi connectivity index (χ0n) is 23.9. The molecule has 1 fully saturated rings. The molecule has 42 heavy (non-hydrogen) atoms. The number of benzene rings is 2. The quantitative estimate of drug-likeness (QED) is 0.303. The molecule has 0 unspecified atom stereocenters. The number of nitrogens with zero attached hydrogens (tertiary/aromatic N) is 8. The first-order chi connectivity index (χ1) is 20.4. The van der Waals surface area contributed by atoms with Crippen LogP contribution in [0, 0.1) is 11.3 Å². The van der Waals surface area contributed by atoms with Gasteiger partial charge in [0.2, 0.25) is 5.95 Å². The maximum absolute atomic E-state index is 13.0. The molecule has 12 nitrogen and oxygen atoms in total. The van der Waals surface area contributed by atoms with Crippen molar-refractivity contribution < 1.29 is 14.3 Å². The summed E-state index contributed by atoms with van der Waals surface area (Å²) < 4.78 is 13.4. The van der Waals surface area contributed by atoms with E-state index < -0.39 is 0 Å². The van der Waals surface area contributed by atoms with Crippen LogP contribution in [0.5, 0.6) is 11.5 Å². The van der Waals surface area contributed by atoms with Crippen molar-refractivity contribution in [1.29, 1.82) is 5.26 Å². The number of nitriles is 1. The lowest BCUT2D eigenvalue weighted by Crippen LogP contribution is -2.47. The molecular formula is C30H33N9O3. The van der Waals surface area contributed by atoms with Crippen molar-refractivity contribution in [2.24, 2.45) is 0 Å². The topological polar surface area (TPSA) is 134 Å². The van der Waals surface area contributed by atoms with Gasteiger partial charge in [0.05, 0.1) is 24.5 Å². The number of carbonyl (C=O) groups is 1. The standard InChI is InChI=1S/C30H33N9O3/c1-21(8-9-39-20-32-19-35-39)42-27-14-22(4-5-24(27)16-31)25-17-33-30(34-18-25)36-26-7-6-23(15-28(26)41-3)29(40)38-12-10-37(2)11-13-38/h4-7,14-15,17-21H,8-13H2,1-3H3,(H,33,34,36)/t21-/m0/s1. The van der Waals surface area contributed by atoms with Gasteiger partial charge in [0.25, 0.3) is 5.91 Å². The van der Waals surface area contributed by atoms with Gasteiger partial charge < -0.3 is 24.6 Å². The Hall–Kier alpha value is -5.02. The minimum absolute atomic E-state index is 0.0103. The van der Waals surface area contributed by atoms with E-state index in [1.165, 1.54) is 6.33 Å². The van der Waals surface area contributed by atoms with Gasteiger partial charge in [-0.15, -0.1) is 0 Å². The number of hydrogen-bond acceptors (Lipinski definition) is 10. The smallest absolute Gasteiger partial charge is 0.254 e. The molecule has 0 bridgehead atoms. The molecule has 12 heteroatoms. The summed E-state index contributed by atoms with van der Waals surface area (Å²) >= 11 is 0. The Morgan fingerprint density at radius 2 is 1.86 bits per heavy atom. The molecule has 0 saturated carbocycles. The van der Waals surface area contributed by atoms with Gasteiger partial charge in [-0.2, -0.15) is 10.4 Å². The summed E-state index contributed by atoms with van der Waals surface area (Å²) in [5.74, 6) is 1.39. The Labute approximate surface area is 244 Å². The molecule has 1 atom stereocenters. The monoisotopic (exact) mass is 567 g/mol. The average Bonchev–Trinajstić information content (AvgIpc) is 3.54. The van der Waals surface area contributed by atoms with Crippen LogP contribution in [-0.2, 0) is 6.54 Å². The van der Waals surface area contributed by atoms with Crippen LogP contribution in [0.15, 0.2) is 61.4 Å². The van der Waals surface area contributed by atoms with E-state index in [2.05, 4.69) is 43.4 Å². The van der Waals surface area contributed by atoms with E-state index in [-0.39, 0.29) is 12.0 Å². The fourth-order valence-electron chi connectivity index (χ4n) is 4.61. The van der Waals surface area contributed by atoms with Crippen LogP contribution in [0.4, 0.5) is 11.6 Å².